The zero-order chi connectivity index (χ0) is 12.9. The molecule has 1 aliphatic rings. The molecular formula is C10H21ClNO4P. The van der Waals surface area contributed by atoms with Crippen LogP contribution in [0.1, 0.15) is 38.5 Å². The van der Waals surface area contributed by atoms with Gasteiger partial charge < -0.3 is 14.9 Å². The fourth-order valence-corrected chi connectivity index (χ4v) is 3.27. The average Bonchev–Trinajstić information content (AvgIpc) is 2.29. The molecule has 1 unspecified atom stereocenters. The van der Waals surface area contributed by atoms with E-state index < -0.39 is 12.8 Å². The summed E-state index contributed by atoms with van der Waals surface area (Å²) in [6.07, 6.45) is 5.66. The topological polar surface area (TPSA) is 81.0 Å². The Morgan fingerprint density at radius 3 is 2.35 bits per heavy atom. The second-order valence-corrected chi connectivity index (χ2v) is 6.89. The highest BCUT2D eigenvalue weighted by atomic mass is 35.5. The zero-order valence-electron chi connectivity index (χ0n) is 9.83. The van der Waals surface area contributed by atoms with Gasteiger partial charge in [-0.2, -0.15) is 0 Å². The standard InChI is InChI=1S/C10H21ClNO4P/c11-10(17(14,15)16)12(7-4-8-13)9-5-2-1-3-6-9/h9-10,13H,1-8H2,(H2,14,15,16). The minimum absolute atomic E-state index is 0.00792. The van der Waals surface area contributed by atoms with Gasteiger partial charge in [-0.3, -0.25) is 9.46 Å². The minimum Gasteiger partial charge on any atom is -0.396 e. The first-order chi connectivity index (χ1) is 7.96. The molecule has 5 nitrogen and oxygen atoms in total. The number of hydrogen-bond donors (Lipinski definition) is 3. The predicted octanol–water partition coefficient (Wildman–Crippen LogP) is 1.70. The summed E-state index contributed by atoms with van der Waals surface area (Å²) in [5.41, 5.74) is 0. The van der Waals surface area contributed by atoms with Gasteiger partial charge >= 0.3 is 7.60 Å². The van der Waals surface area contributed by atoms with Gasteiger partial charge in [0, 0.05) is 19.2 Å². The van der Waals surface area contributed by atoms with E-state index in [-0.39, 0.29) is 12.6 Å². The van der Waals surface area contributed by atoms with E-state index in [1.54, 1.807) is 4.90 Å². The summed E-state index contributed by atoms with van der Waals surface area (Å²) in [4.78, 5) is 20.0. The van der Waals surface area contributed by atoms with Crippen molar-refractivity contribution in [2.24, 2.45) is 0 Å². The van der Waals surface area contributed by atoms with Crippen LogP contribution in [-0.2, 0) is 4.57 Å². The number of nitrogens with zero attached hydrogens (tertiary/aromatic N) is 1. The maximum absolute atomic E-state index is 11.2. The van der Waals surface area contributed by atoms with E-state index in [4.69, 9.17) is 26.5 Å². The van der Waals surface area contributed by atoms with Crippen LogP contribution in [0.15, 0.2) is 0 Å². The van der Waals surface area contributed by atoms with Crippen molar-refractivity contribution in [1.82, 2.24) is 4.90 Å². The Morgan fingerprint density at radius 2 is 1.88 bits per heavy atom. The van der Waals surface area contributed by atoms with Crippen LogP contribution in [-0.4, -0.2) is 44.2 Å². The molecule has 0 aliphatic heterocycles. The minimum atomic E-state index is -4.31. The van der Waals surface area contributed by atoms with Gasteiger partial charge in [0.2, 0.25) is 0 Å². The van der Waals surface area contributed by atoms with E-state index in [1.807, 2.05) is 0 Å². The van der Waals surface area contributed by atoms with Crippen molar-refractivity contribution < 1.29 is 19.5 Å². The summed E-state index contributed by atoms with van der Waals surface area (Å²) in [7, 11) is -4.31. The molecule has 0 aromatic carbocycles. The highest BCUT2D eigenvalue weighted by molar-refractivity contribution is 7.54. The van der Waals surface area contributed by atoms with Gasteiger partial charge in [0.05, 0.1) is 0 Å². The molecule has 0 aromatic heterocycles. The fourth-order valence-electron chi connectivity index (χ4n) is 2.32. The van der Waals surface area contributed by atoms with Gasteiger partial charge in [0.25, 0.3) is 0 Å². The SMILES string of the molecule is O=P(O)(O)C(Cl)N(CCCO)C1CCCCC1. The van der Waals surface area contributed by atoms with Crippen molar-refractivity contribution in [3.05, 3.63) is 0 Å². The Morgan fingerprint density at radius 1 is 1.29 bits per heavy atom. The van der Waals surface area contributed by atoms with Crippen LogP contribution < -0.4 is 0 Å². The molecule has 0 spiro atoms. The second kappa shape index (κ2) is 7.07. The summed E-state index contributed by atoms with van der Waals surface area (Å²) in [6.45, 7) is 0.439. The molecule has 0 aromatic rings. The van der Waals surface area contributed by atoms with E-state index in [9.17, 15) is 4.57 Å². The van der Waals surface area contributed by atoms with Gasteiger partial charge in [0.15, 0.2) is 5.24 Å². The molecule has 1 rings (SSSR count). The highest BCUT2D eigenvalue weighted by Crippen LogP contribution is 2.47. The molecule has 1 fully saturated rings. The lowest BCUT2D eigenvalue weighted by molar-refractivity contribution is 0.140. The molecule has 0 amide bonds. The first-order valence-corrected chi connectivity index (χ1v) is 8.14. The van der Waals surface area contributed by atoms with Gasteiger partial charge in [-0.15, -0.1) is 0 Å². The number of aliphatic hydroxyl groups is 1. The maximum Gasteiger partial charge on any atom is 0.357 e. The average molecular weight is 286 g/mol. The summed E-state index contributed by atoms with van der Waals surface area (Å²) in [5.74, 6) is 0. The molecule has 0 radical (unpaired) electrons. The molecule has 0 bridgehead atoms. The molecule has 3 N–H and O–H groups in total. The van der Waals surface area contributed by atoms with Gasteiger partial charge in [-0.1, -0.05) is 30.9 Å². The van der Waals surface area contributed by atoms with Crippen LogP contribution in [0.3, 0.4) is 0 Å². The summed E-state index contributed by atoms with van der Waals surface area (Å²) < 4.78 is 11.2. The predicted molar refractivity (Wildman–Crippen MR) is 67.0 cm³/mol. The Hall–Kier alpha value is 0.360. The number of rotatable bonds is 6. The molecule has 102 valence electrons. The van der Waals surface area contributed by atoms with Crippen molar-refractivity contribution >= 4 is 19.2 Å². The molecule has 1 atom stereocenters. The quantitative estimate of drug-likeness (QED) is 0.393. The van der Waals surface area contributed by atoms with Crippen LogP contribution in [0.5, 0.6) is 0 Å². The van der Waals surface area contributed by atoms with E-state index >= 15 is 0 Å². The number of halogens is 1. The third-order valence-corrected chi connectivity index (χ3v) is 5.03. The monoisotopic (exact) mass is 285 g/mol. The Kier molecular flexibility index (Phi) is 6.41. The van der Waals surface area contributed by atoms with E-state index in [0.717, 1.165) is 25.7 Å². The maximum atomic E-state index is 11.2. The molecule has 0 saturated heterocycles. The normalized spacial score (nSPS) is 20.8. The molecule has 1 saturated carbocycles. The zero-order valence-corrected chi connectivity index (χ0v) is 11.5. The Balaban J connectivity index is 2.67. The van der Waals surface area contributed by atoms with E-state index in [0.29, 0.717) is 13.0 Å². The van der Waals surface area contributed by atoms with Crippen molar-refractivity contribution in [2.75, 3.05) is 13.2 Å². The van der Waals surface area contributed by atoms with Crippen LogP contribution in [0.25, 0.3) is 0 Å². The molecule has 1 aliphatic carbocycles. The summed E-state index contributed by atoms with van der Waals surface area (Å²) >= 11 is 5.87. The summed E-state index contributed by atoms with van der Waals surface area (Å²) in [6, 6.07) is 0.130. The first-order valence-electron chi connectivity index (χ1n) is 6.02. The smallest absolute Gasteiger partial charge is 0.357 e. The number of hydrogen-bond acceptors (Lipinski definition) is 3. The highest BCUT2D eigenvalue weighted by Gasteiger charge is 2.36. The third-order valence-electron chi connectivity index (χ3n) is 3.17. The lowest BCUT2D eigenvalue weighted by Crippen LogP contribution is -2.42. The number of aliphatic hydroxyl groups excluding tert-OH is 1. The van der Waals surface area contributed by atoms with Gasteiger partial charge in [0.1, 0.15) is 0 Å². The van der Waals surface area contributed by atoms with E-state index in [1.165, 1.54) is 6.42 Å². The van der Waals surface area contributed by atoms with E-state index in [2.05, 4.69) is 0 Å². The first kappa shape index (κ1) is 15.4. The van der Waals surface area contributed by atoms with Crippen LogP contribution >= 0.6 is 19.2 Å². The van der Waals surface area contributed by atoms with Crippen LogP contribution in [0.2, 0.25) is 0 Å². The van der Waals surface area contributed by atoms with Crippen LogP contribution in [0, 0.1) is 0 Å². The Bertz CT molecular complexity index is 267. The molecular weight excluding hydrogens is 265 g/mol. The fraction of sp³-hybridized carbons (Fsp3) is 1.00. The largest absolute Gasteiger partial charge is 0.396 e. The molecule has 7 heteroatoms. The third kappa shape index (κ3) is 4.86. The lowest BCUT2D eigenvalue weighted by Gasteiger charge is -2.37. The van der Waals surface area contributed by atoms with Gasteiger partial charge in [-0.05, 0) is 19.3 Å². The lowest BCUT2D eigenvalue weighted by atomic mass is 9.94. The van der Waals surface area contributed by atoms with Crippen molar-refractivity contribution in [1.29, 1.82) is 0 Å². The second-order valence-electron chi connectivity index (χ2n) is 4.51. The van der Waals surface area contributed by atoms with Crippen molar-refractivity contribution in [3.63, 3.8) is 0 Å². The van der Waals surface area contributed by atoms with Crippen LogP contribution in [0.4, 0.5) is 0 Å². The Labute approximate surface area is 107 Å². The van der Waals surface area contributed by atoms with Crippen molar-refractivity contribution in [2.45, 2.75) is 49.8 Å². The summed E-state index contributed by atoms with van der Waals surface area (Å²) in [5, 5.41) is 7.57. The number of alkyl halides is 1. The molecule has 0 heterocycles. The molecule has 17 heavy (non-hydrogen) atoms. The van der Waals surface area contributed by atoms with Crippen molar-refractivity contribution in [3.8, 4) is 0 Å². The van der Waals surface area contributed by atoms with Gasteiger partial charge in [-0.25, -0.2) is 0 Å².